The number of ether oxygens (including phenoxy) is 1. The number of primary amides is 1. The Balaban J connectivity index is 2.60. The number of hydrogen-bond donors (Lipinski definition) is 1. The van der Waals surface area contributed by atoms with Crippen LogP contribution in [0.3, 0.4) is 0 Å². The number of hydrogen-bond acceptors (Lipinski definition) is 6. The zero-order valence-electron chi connectivity index (χ0n) is 11.8. The first-order chi connectivity index (χ1) is 10.5. The van der Waals surface area contributed by atoms with Gasteiger partial charge in [-0.2, -0.15) is 0 Å². The van der Waals surface area contributed by atoms with Crippen LogP contribution in [0.5, 0.6) is 0 Å². The van der Waals surface area contributed by atoms with Gasteiger partial charge in [0.25, 0.3) is 5.56 Å². The summed E-state index contributed by atoms with van der Waals surface area (Å²) in [6.45, 7) is 1.64. The Hall–Kier alpha value is -2.19. The van der Waals surface area contributed by atoms with E-state index in [2.05, 4.69) is 0 Å². The number of nitrogens with zero attached hydrogens (tertiary/aromatic N) is 1. The highest BCUT2D eigenvalue weighted by Gasteiger charge is 2.09. The van der Waals surface area contributed by atoms with Gasteiger partial charge in [0.15, 0.2) is 0 Å². The zero-order valence-corrected chi connectivity index (χ0v) is 13.4. The van der Waals surface area contributed by atoms with E-state index in [0.29, 0.717) is 9.20 Å². The number of carbonyl (C=O) groups excluding carboxylic acids is 2. The Bertz CT molecular complexity index is 847. The third kappa shape index (κ3) is 3.92. The SMILES string of the molecule is CCOC(=O)/C=c1/s/c(=C\c2cccs2)c(=O)n1CC(N)=O. The largest absolute Gasteiger partial charge is 0.463 e. The van der Waals surface area contributed by atoms with Crippen LogP contribution in [-0.4, -0.2) is 23.1 Å². The maximum Gasteiger partial charge on any atom is 0.333 e. The fraction of sp³-hybridized carbons (Fsp3) is 0.214. The molecule has 2 heterocycles. The van der Waals surface area contributed by atoms with Gasteiger partial charge in [-0.3, -0.25) is 14.2 Å². The third-order valence-electron chi connectivity index (χ3n) is 2.59. The first kappa shape index (κ1) is 16.2. The number of rotatable bonds is 5. The smallest absolute Gasteiger partial charge is 0.333 e. The highest BCUT2D eigenvalue weighted by atomic mass is 32.1. The summed E-state index contributed by atoms with van der Waals surface area (Å²) in [7, 11) is 0. The summed E-state index contributed by atoms with van der Waals surface area (Å²) in [6.07, 6.45) is 2.92. The molecule has 0 unspecified atom stereocenters. The van der Waals surface area contributed by atoms with Crippen molar-refractivity contribution < 1.29 is 14.3 Å². The standard InChI is InChI=1S/C14H14N2O4S2/c1-2-20-13(18)7-12-16(8-11(15)17)14(19)10(22-12)6-9-4-3-5-21-9/h3-7H,2,8H2,1H3,(H2,15,17)/b10-6-,12-7+. The molecule has 1 amide bonds. The van der Waals surface area contributed by atoms with Crippen LogP contribution in [0.25, 0.3) is 12.2 Å². The fourth-order valence-electron chi connectivity index (χ4n) is 1.74. The van der Waals surface area contributed by atoms with E-state index >= 15 is 0 Å². The van der Waals surface area contributed by atoms with Crippen LogP contribution in [-0.2, 0) is 20.9 Å². The summed E-state index contributed by atoms with van der Waals surface area (Å²) in [4.78, 5) is 36.0. The molecule has 0 saturated heterocycles. The van der Waals surface area contributed by atoms with Gasteiger partial charge < -0.3 is 10.5 Å². The quantitative estimate of drug-likeness (QED) is 0.753. The number of esters is 1. The maximum atomic E-state index is 12.4. The lowest BCUT2D eigenvalue weighted by Crippen LogP contribution is -2.36. The molecule has 0 bridgehead atoms. The van der Waals surface area contributed by atoms with Gasteiger partial charge in [-0.15, -0.1) is 22.7 Å². The molecule has 0 atom stereocenters. The molecule has 2 N–H and O–H groups in total. The van der Waals surface area contributed by atoms with E-state index < -0.39 is 11.9 Å². The topological polar surface area (TPSA) is 91.4 Å². The van der Waals surface area contributed by atoms with Crippen LogP contribution < -0.4 is 20.5 Å². The highest BCUT2D eigenvalue weighted by molar-refractivity contribution is 7.11. The summed E-state index contributed by atoms with van der Waals surface area (Å²) in [5.41, 5.74) is 4.81. The number of amides is 1. The van der Waals surface area contributed by atoms with Crippen molar-refractivity contribution in [2.24, 2.45) is 5.73 Å². The van der Waals surface area contributed by atoms with E-state index in [1.165, 1.54) is 22.0 Å². The lowest BCUT2D eigenvalue weighted by Gasteiger charge is -1.98. The number of thiophene rings is 1. The fourth-order valence-corrected chi connectivity index (χ4v) is 3.49. The minimum absolute atomic E-state index is 0.231. The lowest BCUT2D eigenvalue weighted by molar-refractivity contribution is -0.135. The predicted octanol–water partition coefficient (Wildman–Crippen LogP) is -0.371. The summed E-state index contributed by atoms with van der Waals surface area (Å²) < 4.78 is 6.79. The Morgan fingerprint density at radius 2 is 2.23 bits per heavy atom. The molecule has 2 aromatic heterocycles. The van der Waals surface area contributed by atoms with Crippen molar-refractivity contribution in [3.05, 3.63) is 41.9 Å². The van der Waals surface area contributed by atoms with Gasteiger partial charge in [0, 0.05) is 4.88 Å². The van der Waals surface area contributed by atoms with E-state index in [0.717, 1.165) is 16.2 Å². The van der Waals surface area contributed by atoms with Crippen LogP contribution in [0.2, 0.25) is 0 Å². The number of carbonyl (C=O) groups is 2. The van der Waals surface area contributed by atoms with Crippen LogP contribution >= 0.6 is 22.7 Å². The summed E-state index contributed by atoms with van der Waals surface area (Å²) in [5, 5.41) is 1.90. The third-order valence-corrected chi connectivity index (χ3v) is 4.47. The van der Waals surface area contributed by atoms with Crippen molar-refractivity contribution in [2.75, 3.05) is 6.61 Å². The Morgan fingerprint density at radius 3 is 2.82 bits per heavy atom. The predicted molar refractivity (Wildman–Crippen MR) is 86.0 cm³/mol. The van der Waals surface area contributed by atoms with Crippen molar-refractivity contribution in [1.29, 1.82) is 0 Å². The van der Waals surface area contributed by atoms with E-state index in [-0.39, 0.29) is 18.7 Å². The molecule has 0 fully saturated rings. The van der Waals surface area contributed by atoms with E-state index in [9.17, 15) is 14.4 Å². The molecule has 0 radical (unpaired) electrons. The number of aromatic nitrogens is 1. The van der Waals surface area contributed by atoms with Gasteiger partial charge in [0.1, 0.15) is 11.2 Å². The molecular weight excluding hydrogens is 324 g/mol. The molecule has 116 valence electrons. The van der Waals surface area contributed by atoms with Gasteiger partial charge in [-0.05, 0) is 24.4 Å². The molecule has 0 aliphatic rings. The van der Waals surface area contributed by atoms with Gasteiger partial charge in [0.2, 0.25) is 5.91 Å². The average Bonchev–Trinajstić information content (AvgIpc) is 3.03. The zero-order chi connectivity index (χ0) is 16.1. The van der Waals surface area contributed by atoms with Crippen molar-refractivity contribution in [3.8, 4) is 0 Å². The van der Waals surface area contributed by atoms with Gasteiger partial charge in [0.05, 0.1) is 17.2 Å². The van der Waals surface area contributed by atoms with Gasteiger partial charge >= 0.3 is 5.97 Å². The number of nitrogens with two attached hydrogens (primary N) is 1. The van der Waals surface area contributed by atoms with Crippen LogP contribution in [0.1, 0.15) is 11.8 Å². The molecule has 6 nitrogen and oxygen atoms in total. The van der Waals surface area contributed by atoms with Gasteiger partial charge in [-0.25, -0.2) is 4.79 Å². The van der Waals surface area contributed by atoms with Crippen LogP contribution in [0, 0.1) is 0 Å². The first-order valence-electron chi connectivity index (χ1n) is 6.43. The van der Waals surface area contributed by atoms with Crippen LogP contribution in [0.15, 0.2) is 22.3 Å². The molecule has 0 aromatic carbocycles. The molecule has 0 saturated carbocycles. The van der Waals surface area contributed by atoms with Crippen molar-refractivity contribution in [2.45, 2.75) is 13.5 Å². The van der Waals surface area contributed by atoms with Crippen molar-refractivity contribution in [1.82, 2.24) is 4.57 Å². The molecule has 2 aromatic rings. The average molecular weight is 338 g/mol. The Morgan fingerprint density at radius 1 is 1.45 bits per heavy atom. The molecule has 22 heavy (non-hydrogen) atoms. The Labute approximate surface area is 133 Å². The maximum absolute atomic E-state index is 12.4. The summed E-state index contributed by atoms with van der Waals surface area (Å²) in [5.74, 6) is -1.22. The normalized spacial score (nSPS) is 12.6. The molecule has 2 rings (SSSR count). The van der Waals surface area contributed by atoms with E-state index in [1.54, 1.807) is 13.0 Å². The van der Waals surface area contributed by atoms with E-state index in [1.807, 2.05) is 17.5 Å². The molecule has 8 heteroatoms. The minimum atomic E-state index is -0.652. The monoisotopic (exact) mass is 338 g/mol. The Kier molecular flexibility index (Phi) is 5.29. The minimum Gasteiger partial charge on any atom is -0.463 e. The molecule has 0 aliphatic carbocycles. The second-order valence-corrected chi connectivity index (χ2v) is 6.26. The second kappa shape index (κ2) is 7.19. The first-order valence-corrected chi connectivity index (χ1v) is 8.12. The summed E-state index contributed by atoms with van der Waals surface area (Å²) >= 11 is 2.60. The molecular formula is C14H14N2O4S2. The van der Waals surface area contributed by atoms with Gasteiger partial charge in [-0.1, -0.05) is 6.07 Å². The van der Waals surface area contributed by atoms with Crippen molar-refractivity contribution in [3.63, 3.8) is 0 Å². The van der Waals surface area contributed by atoms with E-state index in [4.69, 9.17) is 10.5 Å². The van der Waals surface area contributed by atoms with Crippen LogP contribution in [0.4, 0.5) is 0 Å². The van der Waals surface area contributed by atoms with Crippen molar-refractivity contribution >= 4 is 46.7 Å². The molecule has 0 spiro atoms. The summed E-state index contributed by atoms with van der Waals surface area (Å²) in [6, 6.07) is 3.74. The number of thiazole rings is 1. The second-order valence-electron chi connectivity index (χ2n) is 4.22. The molecule has 0 aliphatic heterocycles. The highest BCUT2D eigenvalue weighted by Crippen LogP contribution is 2.08. The lowest BCUT2D eigenvalue weighted by atomic mass is 10.4.